The number of aromatic nitrogens is 2. The van der Waals surface area contributed by atoms with Gasteiger partial charge in [-0.1, -0.05) is 30.3 Å². The van der Waals surface area contributed by atoms with Gasteiger partial charge >= 0.3 is 0 Å². The van der Waals surface area contributed by atoms with Crippen molar-refractivity contribution in [3.8, 4) is 16.9 Å². The second kappa shape index (κ2) is 8.88. The first-order valence-electron chi connectivity index (χ1n) is 8.63. The molecule has 0 aliphatic carbocycles. The normalized spacial score (nSPS) is 10.7. The summed E-state index contributed by atoms with van der Waals surface area (Å²) >= 11 is 0. The molecule has 0 fully saturated rings. The molecule has 5 heteroatoms. The van der Waals surface area contributed by atoms with Crippen LogP contribution >= 0.6 is 12.4 Å². The van der Waals surface area contributed by atoms with E-state index in [4.69, 9.17) is 10.5 Å². The van der Waals surface area contributed by atoms with Crippen LogP contribution in [0.15, 0.2) is 54.9 Å². The molecule has 0 saturated carbocycles. The number of benzene rings is 2. The maximum absolute atomic E-state index is 6.08. The summed E-state index contributed by atoms with van der Waals surface area (Å²) in [6.45, 7) is 7.29. The molecule has 0 radical (unpaired) electrons. The first kappa shape index (κ1) is 20.0. The first-order valence-corrected chi connectivity index (χ1v) is 8.63. The van der Waals surface area contributed by atoms with Gasteiger partial charge in [0.05, 0.1) is 6.20 Å². The fourth-order valence-electron chi connectivity index (χ4n) is 2.87. The highest BCUT2D eigenvalue weighted by molar-refractivity contribution is 5.85. The highest BCUT2D eigenvalue weighted by atomic mass is 35.5. The summed E-state index contributed by atoms with van der Waals surface area (Å²) in [5.74, 6) is 0.881. The number of rotatable bonds is 6. The van der Waals surface area contributed by atoms with Crippen molar-refractivity contribution >= 4 is 12.4 Å². The molecule has 3 aromatic rings. The molecular formula is C21H26ClN3O. The predicted molar refractivity (Wildman–Crippen MR) is 109 cm³/mol. The standard InChI is InChI=1S/C21H25N3O.ClH/c1-15(2)24-13-20(12-23-24)18-9-16(3)21(19(10-18)11-22)25-14-17-7-5-4-6-8-17;/h4-10,12-13,15H,11,14,22H2,1-3H3;1H. The molecule has 0 bridgehead atoms. The lowest BCUT2D eigenvalue weighted by Gasteiger charge is -2.15. The van der Waals surface area contributed by atoms with E-state index in [0.29, 0.717) is 19.2 Å². The van der Waals surface area contributed by atoms with Gasteiger partial charge in [-0.2, -0.15) is 5.10 Å². The molecule has 138 valence electrons. The lowest BCUT2D eigenvalue weighted by molar-refractivity contribution is 0.301. The van der Waals surface area contributed by atoms with E-state index >= 15 is 0 Å². The van der Waals surface area contributed by atoms with Crippen LogP contribution in [0.3, 0.4) is 0 Å². The van der Waals surface area contributed by atoms with Gasteiger partial charge in [0.15, 0.2) is 0 Å². The van der Waals surface area contributed by atoms with Crippen molar-refractivity contribution in [1.29, 1.82) is 0 Å². The number of nitrogens with two attached hydrogens (primary N) is 1. The molecule has 1 aromatic heterocycles. The molecule has 0 saturated heterocycles. The Morgan fingerprint density at radius 2 is 1.85 bits per heavy atom. The average molecular weight is 372 g/mol. The van der Waals surface area contributed by atoms with Gasteiger partial charge in [0.2, 0.25) is 0 Å². The van der Waals surface area contributed by atoms with Crippen molar-refractivity contribution in [2.24, 2.45) is 5.73 Å². The predicted octanol–water partition coefficient (Wildman–Crippen LogP) is 4.90. The summed E-state index contributed by atoms with van der Waals surface area (Å²) in [7, 11) is 0. The van der Waals surface area contributed by atoms with Gasteiger partial charge in [-0.25, -0.2) is 0 Å². The number of ether oxygens (including phenoxy) is 1. The molecule has 4 nitrogen and oxygen atoms in total. The SMILES string of the molecule is Cc1cc(-c2cnn(C(C)C)c2)cc(CN)c1OCc1ccccc1.Cl. The van der Waals surface area contributed by atoms with Crippen molar-refractivity contribution in [2.45, 2.75) is 40.0 Å². The second-order valence-electron chi connectivity index (χ2n) is 6.56. The summed E-state index contributed by atoms with van der Waals surface area (Å²) in [4.78, 5) is 0. The van der Waals surface area contributed by atoms with Crippen molar-refractivity contribution in [1.82, 2.24) is 9.78 Å². The Labute approximate surface area is 161 Å². The zero-order valence-electron chi connectivity index (χ0n) is 15.5. The molecule has 0 aliphatic heterocycles. The third kappa shape index (κ3) is 4.45. The van der Waals surface area contributed by atoms with Gasteiger partial charge in [-0.15, -0.1) is 12.4 Å². The van der Waals surface area contributed by atoms with E-state index in [1.165, 1.54) is 0 Å². The number of nitrogens with zero attached hydrogens (tertiary/aromatic N) is 2. The van der Waals surface area contributed by atoms with Crippen LogP contribution in [0.25, 0.3) is 11.1 Å². The third-order valence-electron chi connectivity index (χ3n) is 4.26. The highest BCUT2D eigenvalue weighted by Gasteiger charge is 2.12. The van der Waals surface area contributed by atoms with Gasteiger partial charge in [0.25, 0.3) is 0 Å². The number of aryl methyl sites for hydroxylation is 1. The second-order valence-corrected chi connectivity index (χ2v) is 6.56. The molecule has 1 heterocycles. The van der Waals surface area contributed by atoms with Crippen LogP contribution in [-0.4, -0.2) is 9.78 Å². The Kier molecular flexibility index (Phi) is 6.83. The van der Waals surface area contributed by atoms with Crippen LogP contribution in [0, 0.1) is 6.92 Å². The highest BCUT2D eigenvalue weighted by Crippen LogP contribution is 2.31. The fourth-order valence-corrected chi connectivity index (χ4v) is 2.87. The smallest absolute Gasteiger partial charge is 0.127 e. The lowest BCUT2D eigenvalue weighted by atomic mass is 10.0. The number of halogens is 1. The average Bonchev–Trinajstić information content (AvgIpc) is 3.11. The minimum Gasteiger partial charge on any atom is -0.488 e. The molecular weight excluding hydrogens is 346 g/mol. The minimum absolute atomic E-state index is 0. The van der Waals surface area contributed by atoms with Gasteiger partial charge in [0, 0.05) is 29.9 Å². The maximum Gasteiger partial charge on any atom is 0.127 e. The largest absolute Gasteiger partial charge is 0.488 e. The Morgan fingerprint density at radius 3 is 2.46 bits per heavy atom. The quantitative estimate of drug-likeness (QED) is 0.670. The number of hydrogen-bond acceptors (Lipinski definition) is 3. The summed E-state index contributed by atoms with van der Waals surface area (Å²) in [6, 6.07) is 14.8. The zero-order chi connectivity index (χ0) is 17.8. The Balaban J connectivity index is 0.00000243. The Hall–Kier alpha value is -2.30. The van der Waals surface area contributed by atoms with Gasteiger partial charge < -0.3 is 10.5 Å². The van der Waals surface area contributed by atoms with Crippen molar-refractivity contribution < 1.29 is 4.74 Å². The van der Waals surface area contributed by atoms with Gasteiger partial charge in [0.1, 0.15) is 12.4 Å². The van der Waals surface area contributed by atoms with E-state index in [1.54, 1.807) is 0 Å². The molecule has 0 amide bonds. The molecule has 0 unspecified atom stereocenters. The van der Waals surface area contributed by atoms with E-state index in [2.05, 4.69) is 56.3 Å². The lowest BCUT2D eigenvalue weighted by Crippen LogP contribution is -2.05. The van der Waals surface area contributed by atoms with Crippen LogP contribution in [0.1, 0.15) is 36.6 Å². The van der Waals surface area contributed by atoms with Gasteiger partial charge in [-0.05, 0) is 49.6 Å². The molecule has 3 rings (SSSR count). The summed E-state index contributed by atoms with van der Waals surface area (Å²) < 4.78 is 8.04. The van der Waals surface area contributed by atoms with Crippen LogP contribution in [0.4, 0.5) is 0 Å². The van der Waals surface area contributed by atoms with E-state index in [-0.39, 0.29) is 12.4 Å². The first-order chi connectivity index (χ1) is 12.1. The van der Waals surface area contributed by atoms with E-state index in [0.717, 1.165) is 33.6 Å². The Bertz CT molecular complexity index is 844. The van der Waals surface area contributed by atoms with Crippen molar-refractivity contribution in [3.63, 3.8) is 0 Å². The van der Waals surface area contributed by atoms with Crippen molar-refractivity contribution in [2.75, 3.05) is 0 Å². The van der Waals surface area contributed by atoms with Crippen molar-refractivity contribution in [3.05, 3.63) is 71.5 Å². The topological polar surface area (TPSA) is 53.1 Å². The van der Waals surface area contributed by atoms with Crippen LogP contribution in [0.2, 0.25) is 0 Å². The maximum atomic E-state index is 6.08. The minimum atomic E-state index is 0. The van der Waals surface area contributed by atoms with Crippen LogP contribution in [-0.2, 0) is 13.2 Å². The van der Waals surface area contributed by atoms with E-state index in [1.807, 2.05) is 29.1 Å². The molecule has 0 spiro atoms. The summed E-state index contributed by atoms with van der Waals surface area (Å²) in [6.07, 6.45) is 3.98. The van der Waals surface area contributed by atoms with Crippen LogP contribution in [0.5, 0.6) is 5.75 Å². The summed E-state index contributed by atoms with van der Waals surface area (Å²) in [5.41, 5.74) is 11.5. The molecule has 0 aliphatic rings. The molecule has 0 atom stereocenters. The molecule has 26 heavy (non-hydrogen) atoms. The fraction of sp³-hybridized carbons (Fsp3) is 0.286. The third-order valence-corrected chi connectivity index (χ3v) is 4.26. The zero-order valence-corrected chi connectivity index (χ0v) is 16.3. The number of hydrogen-bond donors (Lipinski definition) is 1. The molecule has 2 N–H and O–H groups in total. The molecule has 2 aromatic carbocycles. The van der Waals surface area contributed by atoms with E-state index < -0.39 is 0 Å². The summed E-state index contributed by atoms with van der Waals surface area (Å²) in [5, 5.41) is 4.43. The van der Waals surface area contributed by atoms with E-state index in [9.17, 15) is 0 Å². The monoisotopic (exact) mass is 371 g/mol. The Morgan fingerprint density at radius 1 is 1.12 bits per heavy atom. The van der Waals surface area contributed by atoms with Crippen LogP contribution < -0.4 is 10.5 Å². The van der Waals surface area contributed by atoms with Gasteiger partial charge in [-0.3, -0.25) is 4.68 Å².